The van der Waals surface area contributed by atoms with Crippen LogP contribution in [0.25, 0.3) is 0 Å². The summed E-state index contributed by atoms with van der Waals surface area (Å²) in [5.41, 5.74) is 5.50. The molecule has 1 aliphatic rings. The molecule has 0 radical (unpaired) electrons. The van der Waals surface area contributed by atoms with Crippen molar-refractivity contribution in [2.45, 2.75) is 59.4 Å². The third kappa shape index (κ3) is 7.00. The van der Waals surface area contributed by atoms with Crippen LogP contribution in [-0.4, -0.2) is 16.6 Å². The molecule has 3 heteroatoms. The van der Waals surface area contributed by atoms with Crippen LogP contribution < -0.4 is 5.32 Å². The van der Waals surface area contributed by atoms with Crippen molar-refractivity contribution >= 4 is 5.97 Å². The summed E-state index contributed by atoms with van der Waals surface area (Å²) in [6.07, 6.45) is 14.6. The molecule has 0 aromatic carbocycles. The van der Waals surface area contributed by atoms with Gasteiger partial charge in [-0.1, -0.05) is 48.1 Å². The number of carboxylic acids is 1. The van der Waals surface area contributed by atoms with Gasteiger partial charge in [0.2, 0.25) is 0 Å². The number of allylic oxidation sites excluding steroid dienone is 8. The number of rotatable bonds is 7. The maximum atomic E-state index is 10.6. The zero-order valence-corrected chi connectivity index (χ0v) is 16.1. The minimum absolute atomic E-state index is 0.0679. The highest BCUT2D eigenvalue weighted by Gasteiger charge is 2.31. The molecule has 0 aromatic heterocycles. The van der Waals surface area contributed by atoms with Crippen LogP contribution in [0.4, 0.5) is 0 Å². The molecular formula is C22H31NO2. The molecule has 0 amide bonds. The predicted octanol–water partition coefficient (Wildman–Crippen LogP) is 5.46. The molecule has 0 spiro atoms. The molecule has 0 aromatic rings. The van der Waals surface area contributed by atoms with Gasteiger partial charge in [-0.2, -0.15) is 0 Å². The molecule has 0 unspecified atom stereocenters. The van der Waals surface area contributed by atoms with Gasteiger partial charge < -0.3 is 10.4 Å². The normalized spacial score (nSPS) is 22.8. The Balaban J connectivity index is 2.93. The Morgan fingerprint density at radius 2 is 1.92 bits per heavy atom. The zero-order valence-electron chi connectivity index (χ0n) is 16.1. The lowest BCUT2D eigenvalue weighted by Crippen LogP contribution is -2.44. The fraction of sp³-hybridized carbons (Fsp3) is 0.409. The number of hydrogen-bond donors (Lipinski definition) is 2. The first-order chi connectivity index (χ1) is 11.6. The maximum Gasteiger partial charge on any atom is 0.328 e. The minimum atomic E-state index is -0.924. The lowest BCUT2D eigenvalue weighted by molar-refractivity contribution is -0.131. The Labute approximate surface area is 152 Å². The van der Waals surface area contributed by atoms with E-state index in [1.807, 2.05) is 26.0 Å². The van der Waals surface area contributed by atoms with Gasteiger partial charge in [-0.25, -0.2) is 4.79 Å². The Morgan fingerprint density at radius 3 is 2.52 bits per heavy atom. The van der Waals surface area contributed by atoms with E-state index in [0.29, 0.717) is 5.57 Å². The van der Waals surface area contributed by atoms with Gasteiger partial charge in [0.05, 0.1) is 5.54 Å². The minimum Gasteiger partial charge on any atom is -0.478 e. The Bertz CT molecular complexity index is 674. The molecule has 1 atom stereocenters. The summed E-state index contributed by atoms with van der Waals surface area (Å²) in [6, 6.07) is 0. The fourth-order valence-electron chi connectivity index (χ4n) is 3.24. The average molecular weight is 341 g/mol. The van der Waals surface area contributed by atoms with Crippen molar-refractivity contribution in [1.29, 1.82) is 0 Å². The van der Waals surface area contributed by atoms with Gasteiger partial charge in [0, 0.05) is 11.8 Å². The molecule has 0 aliphatic heterocycles. The first-order valence-electron chi connectivity index (χ1n) is 8.72. The SMILES string of the molecule is C=C(C)N[C@@]1(C)CCCC(C)=C1/C=C/C(C)=C/C=C/C(C)=C/C(=O)O. The smallest absolute Gasteiger partial charge is 0.328 e. The van der Waals surface area contributed by atoms with Gasteiger partial charge in [-0.05, 0) is 65.0 Å². The van der Waals surface area contributed by atoms with E-state index in [4.69, 9.17) is 5.11 Å². The van der Waals surface area contributed by atoms with Crippen LogP contribution in [-0.2, 0) is 4.79 Å². The van der Waals surface area contributed by atoms with E-state index in [9.17, 15) is 4.79 Å². The van der Waals surface area contributed by atoms with Gasteiger partial charge in [-0.3, -0.25) is 0 Å². The maximum absolute atomic E-state index is 10.6. The third-order valence-electron chi connectivity index (χ3n) is 4.35. The van der Waals surface area contributed by atoms with Crippen LogP contribution in [0.1, 0.15) is 53.9 Å². The van der Waals surface area contributed by atoms with E-state index < -0.39 is 5.97 Å². The van der Waals surface area contributed by atoms with Crippen LogP contribution in [0.2, 0.25) is 0 Å². The van der Waals surface area contributed by atoms with Crippen LogP contribution in [0.15, 0.2) is 71.0 Å². The highest BCUT2D eigenvalue weighted by molar-refractivity contribution is 5.81. The van der Waals surface area contributed by atoms with E-state index in [2.05, 4.69) is 37.9 Å². The van der Waals surface area contributed by atoms with Crippen LogP contribution in [0.3, 0.4) is 0 Å². The Morgan fingerprint density at radius 1 is 1.24 bits per heavy atom. The van der Waals surface area contributed by atoms with Crippen molar-refractivity contribution in [3.8, 4) is 0 Å². The molecule has 1 rings (SSSR count). The van der Waals surface area contributed by atoms with Crippen LogP contribution in [0, 0.1) is 0 Å². The van der Waals surface area contributed by atoms with E-state index >= 15 is 0 Å². The number of carbonyl (C=O) groups is 1. The number of nitrogens with one attached hydrogen (secondary N) is 1. The topological polar surface area (TPSA) is 49.3 Å². The lowest BCUT2D eigenvalue weighted by Gasteiger charge is -2.38. The molecule has 0 bridgehead atoms. The Kier molecular flexibility index (Phi) is 7.69. The molecule has 136 valence electrons. The summed E-state index contributed by atoms with van der Waals surface area (Å²) in [7, 11) is 0. The highest BCUT2D eigenvalue weighted by atomic mass is 16.4. The molecule has 1 aliphatic carbocycles. The van der Waals surface area contributed by atoms with E-state index in [1.54, 1.807) is 13.0 Å². The third-order valence-corrected chi connectivity index (χ3v) is 4.35. The Hall–Kier alpha value is -2.29. The van der Waals surface area contributed by atoms with Gasteiger partial charge >= 0.3 is 5.97 Å². The second kappa shape index (κ2) is 9.26. The quantitative estimate of drug-likeness (QED) is 0.477. The molecule has 2 N–H and O–H groups in total. The second-order valence-electron chi connectivity index (χ2n) is 7.11. The summed E-state index contributed by atoms with van der Waals surface area (Å²) >= 11 is 0. The number of aliphatic carboxylic acids is 1. The molecule has 0 saturated heterocycles. The van der Waals surface area contributed by atoms with Gasteiger partial charge in [0.15, 0.2) is 0 Å². The lowest BCUT2D eigenvalue weighted by atomic mass is 9.77. The number of hydrogen-bond acceptors (Lipinski definition) is 2. The summed E-state index contributed by atoms with van der Waals surface area (Å²) < 4.78 is 0. The van der Waals surface area contributed by atoms with Crippen molar-refractivity contribution in [3.05, 3.63) is 71.0 Å². The first kappa shape index (κ1) is 20.8. The molecule has 0 heterocycles. The monoisotopic (exact) mass is 341 g/mol. The first-order valence-corrected chi connectivity index (χ1v) is 8.72. The van der Waals surface area contributed by atoms with Crippen LogP contribution >= 0.6 is 0 Å². The molecule has 0 saturated carbocycles. The van der Waals surface area contributed by atoms with Crippen molar-refractivity contribution in [1.82, 2.24) is 5.32 Å². The summed E-state index contributed by atoms with van der Waals surface area (Å²) in [5, 5.41) is 12.2. The van der Waals surface area contributed by atoms with E-state index in [0.717, 1.165) is 24.1 Å². The summed E-state index contributed by atoms with van der Waals surface area (Å²) in [6.45, 7) is 14.3. The fourth-order valence-corrected chi connectivity index (χ4v) is 3.24. The summed E-state index contributed by atoms with van der Waals surface area (Å²) in [5.74, 6) is -0.924. The van der Waals surface area contributed by atoms with Gasteiger partial charge in [0.1, 0.15) is 0 Å². The molecule has 3 nitrogen and oxygen atoms in total. The predicted molar refractivity (Wildman–Crippen MR) is 106 cm³/mol. The van der Waals surface area contributed by atoms with Crippen molar-refractivity contribution in [2.75, 3.05) is 0 Å². The standard InChI is InChI=1S/C22H31NO2/c1-16(2)23-22(6)14-8-11-19(5)20(22)13-12-17(3)9-7-10-18(4)15-21(24)25/h7,9-10,12-13,15,23H,1,8,11,14H2,2-6H3,(H,24,25)/b10-7+,13-12+,17-9+,18-15+/t22-/m0/s1. The van der Waals surface area contributed by atoms with Gasteiger partial charge in [-0.15, -0.1) is 0 Å². The summed E-state index contributed by atoms with van der Waals surface area (Å²) in [4.78, 5) is 10.6. The molecule has 25 heavy (non-hydrogen) atoms. The van der Waals surface area contributed by atoms with Crippen LogP contribution in [0.5, 0.6) is 0 Å². The van der Waals surface area contributed by atoms with Crippen molar-refractivity contribution in [3.63, 3.8) is 0 Å². The van der Waals surface area contributed by atoms with Crippen molar-refractivity contribution in [2.24, 2.45) is 0 Å². The van der Waals surface area contributed by atoms with Gasteiger partial charge in [0.25, 0.3) is 0 Å². The van der Waals surface area contributed by atoms with Crippen molar-refractivity contribution < 1.29 is 9.90 Å². The highest BCUT2D eigenvalue weighted by Crippen LogP contribution is 2.35. The molecule has 0 fully saturated rings. The van der Waals surface area contributed by atoms with E-state index in [-0.39, 0.29) is 5.54 Å². The zero-order chi connectivity index (χ0) is 19.0. The average Bonchev–Trinajstić information content (AvgIpc) is 2.44. The largest absolute Gasteiger partial charge is 0.478 e. The van der Waals surface area contributed by atoms with E-state index in [1.165, 1.54) is 23.6 Å². The second-order valence-corrected chi connectivity index (χ2v) is 7.11. The number of carboxylic acid groups (broad SMARTS) is 1. The molecular weight excluding hydrogens is 310 g/mol.